The summed E-state index contributed by atoms with van der Waals surface area (Å²) in [5.74, 6) is 1.01. The number of hydrazone groups is 1. The number of nitrogens with zero attached hydrogens (tertiary/aromatic N) is 2. The Morgan fingerprint density at radius 3 is 2.43 bits per heavy atom. The second-order valence-corrected chi connectivity index (χ2v) is 7.71. The molecule has 0 radical (unpaired) electrons. The lowest BCUT2D eigenvalue weighted by atomic mass is 10.1. The van der Waals surface area contributed by atoms with Crippen molar-refractivity contribution in [3.05, 3.63) is 75.5 Å². The standard InChI is InChI=1S/C23H24BrN3O3/c1-15-11-18(16(2)27(15)20-8-6-19(24)7-9-20)14-25-26-23(28)13-17-5-10-21(29-3)22(12-17)30-4/h5-12,14H,13H2,1-4H3,(H,26,28)/b25-14-. The van der Waals surface area contributed by atoms with Gasteiger partial charge in [0, 0.05) is 27.1 Å². The summed E-state index contributed by atoms with van der Waals surface area (Å²) < 4.78 is 13.7. The first-order valence-electron chi connectivity index (χ1n) is 9.40. The van der Waals surface area contributed by atoms with Crippen LogP contribution in [0.15, 0.2) is 58.1 Å². The van der Waals surface area contributed by atoms with E-state index in [2.05, 4.69) is 43.2 Å². The van der Waals surface area contributed by atoms with Crippen molar-refractivity contribution in [1.82, 2.24) is 9.99 Å². The number of methoxy groups -OCH3 is 2. The molecular weight excluding hydrogens is 446 g/mol. The highest BCUT2D eigenvalue weighted by atomic mass is 79.9. The molecule has 0 saturated heterocycles. The molecule has 1 N–H and O–H groups in total. The predicted octanol–water partition coefficient (Wildman–Crippen LogP) is 4.57. The maximum absolute atomic E-state index is 12.3. The molecule has 1 aromatic heterocycles. The average molecular weight is 470 g/mol. The van der Waals surface area contributed by atoms with E-state index in [1.807, 2.05) is 38.1 Å². The largest absolute Gasteiger partial charge is 0.493 e. The monoisotopic (exact) mass is 469 g/mol. The number of aromatic nitrogens is 1. The normalized spacial score (nSPS) is 11.0. The van der Waals surface area contributed by atoms with Crippen LogP contribution in [0.5, 0.6) is 11.5 Å². The SMILES string of the molecule is COc1ccc(CC(=O)N/N=C\c2cc(C)n(-c3ccc(Br)cc3)c2C)cc1OC. The van der Waals surface area contributed by atoms with Crippen molar-refractivity contribution >= 4 is 28.1 Å². The van der Waals surface area contributed by atoms with Gasteiger partial charge in [0.25, 0.3) is 0 Å². The number of nitrogens with one attached hydrogen (secondary N) is 1. The molecular formula is C23H24BrN3O3. The van der Waals surface area contributed by atoms with Gasteiger partial charge in [-0.3, -0.25) is 4.79 Å². The molecule has 1 heterocycles. The minimum Gasteiger partial charge on any atom is -0.493 e. The van der Waals surface area contributed by atoms with Crippen molar-refractivity contribution in [3.63, 3.8) is 0 Å². The van der Waals surface area contributed by atoms with Crippen LogP contribution in [-0.4, -0.2) is 30.9 Å². The summed E-state index contributed by atoms with van der Waals surface area (Å²) in [5.41, 5.74) is 7.57. The number of ether oxygens (including phenoxy) is 2. The molecule has 1 amide bonds. The van der Waals surface area contributed by atoms with Gasteiger partial charge < -0.3 is 14.0 Å². The van der Waals surface area contributed by atoms with Crippen LogP contribution in [0.4, 0.5) is 0 Å². The topological polar surface area (TPSA) is 64.8 Å². The zero-order valence-corrected chi connectivity index (χ0v) is 19.0. The van der Waals surface area contributed by atoms with E-state index in [0.29, 0.717) is 11.5 Å². The average Bonchev–Trinajstić information content (AvgIpc) is 3.02. The molecule has 0 saturated carbocycles. The molecule has 6 nitrogen and oxygen atoms in total. The Balaban J connectivity index is 1.67. The summed E-state index contributed by atoms with van der Waals surface area (Å²) >= 11 is 3.46. The first kappa shape index (κ1) is 21.6. The van der Waals surface area contributed by atoms with E-state index < -0.39 is 0 Å². The van der Waals surface area contributed by atoms with Crippen LogP contribution in [0.1, 0.15) is 22.5 Å². The molecule has 156 valence electrons. The molecule has 2 aromatic carbocycles. The van der Waals surface area contributed by atoms with Gasteiger partial charge in [-0.05, 0) is 61.9 Å². The Kier molecular flexibility index (Phi) is 6.95. The van der Waals surface area contributed by atoms with Crippen molar-refractivity contribution in [1.29, 1.82) is 0 Å². The number of carbonyl (C=O) groups excluding carboxylic acids is 1. The molecule has 0 bridgehead atoms. The van der Waals surface area contributed by atoms with Gasteiger partial charge in [0.2, 0.25) is 5.91 Å². The fourth-order valence-electron chi connectivity index (χ4n) is 3.30. The zero-order chi connectivity index (χ0) is 21.7. The fourth-order valence-corrected chi connectivity index (χ4v) is 3.56. The number of amides is 1. The van der Waals surface area contributed by atoms with Crippen LogP contribution in [-0.2, 0) is 11.2 Å². The van der Waals surface area contributed by atoms with Crippen LogP contribution in [0, 0.1) is 13.8 Å². The first-order chi connectivity index (χ1) is 14.4. The number of hydrogen-bond donors (Lipinski definition) is 1. The molecule has 0 fully saturated rings. The van der Waals surface area contributed by atoms with Crippen molar-refractivity contribution < 1.29 is 14.3 Å². The Bertz CT molecular complexity index is 1070. The van der Waals surface area contributed by atoms with Crippen molar-refractivity contribution in [3.8, 4) is 17.2 Å². The zero-order valence-electron chi connectivity index (χ0n) is 17.4. The molecule has 0 aliphatic rings. The molecule has 0 spiro atoms. The molecule has 7 heteroatoms. The summed E-state index contributed by atoms with van der Waals surface area (Å²) in [6, 6.07) is 15.6. The minimum atomic E-state index is -0.208. The predicted molar refractivity (Wildman–Crippen MR) is 122 cm³/mol. The van der Waals surface area contributed by atoms with Gasteiger partial charge >= 0.3 is 0 Å². The molecule has 0 aliphatic heterocycles. The van der Waals surface area contributed by atoms with Crippen LogP contribution < -0.4 is 14.9 Å². The molecule has 0 aliphatic carbocycles. The van der Waals surface area contributed by atoms with E-state index in [0.717, 1.165) is 32.7 Å². The number of carbonyl (C=O) groups is 1. The smallest absolute Gasteiger partial charge is 0.244 e. The molecule has 3 aromatic rings. The third kappa shape index (κ3) is 4.91. The van der Waals surface area contributed by atoms with E-state index in [-0.39, 0.29) is 12.3 Å². The lowest BCUT2D eigenvalue weighted by Crippen LogP contribution is -2.19. The molecule has 0 unspecified atom stereocenters. The van der Waals surface area contributed by atoms with Crippen molar-refractivity contribution in [2.75, 3.05) is 14.2 Å². The van der Waals surface area contributed by atoms with Crippen LogP contribution >= 0.6 is 15.9 Å². The minimum absolute atomic E-state index is 0.190. The second-order valence-electron chi connectivity index (χ2n) is 6.80. The Hall–Kier alpha value is -3.06. The van der Waals surface area contributed by atoms with Crippen LogP contribution in [0.3, 0.4) is 0 Å². The maximum Gasteiger partial charge on any atom is 0.244 e. The van der Waals surface area contributed by atoms with Gasteiger partial charge in [-0.2, -0.15) is 5.10 Å². The van der Waals surface area contributed by atoms with Crippen molar-refractivity contribution in [2.24, 2.45) is 5.10 Å². The molecule has 30 heavy (non-hydrogen) atoms. The highest BCUT2D eigenvalue weighted by Gasteiger charge is 2.10. The van der Waals surface area contributed by atoms with E-state index in [9.17, 15) is 4.79 Å². The number of rotatable bonds is 7. The number of halogens is 1. The Morgan fingerprint density at radius 2 is 1.77 bits per heavy atom. The Labute approximate surface area is 184 Å². The van der Waals surface area contributed by atoms with Gasteiger partial charge in [0.15, 0.2) is 11.5 Å². The van der Waals surface area contributed by atoms with E-state index in [4.69, 9.17) is 9.47 Å². The maximum atomic E-state index is 12.3. The number of aryl methyl sites for hydroxylation is 1. The summed E-state index contributed by atoms with van der Waals surface area (Å²) in [6.07, 6.45) is 1.86. The van der Waals surface area contributed by atoms with Crippen LogP contribution in [0.2, 0.25) is 0 Å². The summed E-state index contributed by atoms with van der Waals surface area (Å²) in [4.78, 5) is 12.3. The van der Waals surface area contributed by atoms with Crippen molar-refractivity contribution in [2.45, 2.75) is 20.3 Å². The lowest BCUT2D eigenvalue weighted by Gasteiger charge is -2.09. The van der Waals surface area contributed by atoms with Crippen LogP contribution in [0.25, 0.3) is 5.69 Å². The van der Waals surface area contributed by atoms with Gasteiger partial charge in [-0.15, -0.1) is 0 Å². The highest BCUT2D eigenvalue weighted by Crippen LogP contribution is 2.27. The number of benzene rings is 2. The summed E-state index contributed by atoms with van der Waals surface area (Å²) in [7, 11) is 3.14. The first-order valence-corrected chi connectivity index (χ1v) is 10.2. The van der Waals surface area contributed by atoms with E-state index in [1.165, 1.54) is 0 Å². The number of hydrogen-bond acceptors (Lipinski definition) is 4. The van der Waals surface area contributed by atoms with E-state index >= 15 is 0 Å². The Morgan fingerprint density at radius 1 is 1.07 bits per heavy atom. The molecule has 0 atom stereocenters. The third-order valence-electron chi connectivity index (χ3n) is 4.76. The van der Waals surface area contributed by atoms with Gasteiger partial charge in [0.05, 0.1) is 26.9 Å². The highest BCUT2D eigenvalue weighted by molar-refractivity contribution is 9.10. The molecule has 3 rings (SSSR count). The quantitative estimate of drug-likeness (QED) is 0.407. The third-order valence-corrected chi connectivity index (χ3v) is 5.29. The van der Waals surface area contributed by atoms with Gasteiger partial charge in [-0.1, -0.05) is 22.0 Å². The lowest BCUT2D eigenvalue weighted by molar-refractivity contribution is -0.120. The van der Waals surface area contributed by atoms with Gasteiger partial charge in [0.1, 0.15) is 0 Å². The second kappa shape index (κ2) is 9.63. The summed E-state index contributed by atoms with van der Waals surface area (Å²) in [5, 5.41) is 4.14. The van der Waals surface area contributed by atoms with E-state index in [1.54, 1.807) is 32.6 Å². The summed E-state index contributed by atoms with van der Waals surface area (Å²) in [6.45, 7) is 4.07. The van der Waals surface area contributed by atoms with Gasteiger partial charge in [-0.25, -0.2) is 5.43 Å². The fraction of sp³-hybridized carbons (Fsp3) is 0.217.